The lowest BCUT2D eigenvalue weighted by Gasteiger charge is -2.17. The largest absolute Gasteiger partial charge is 0.384 e. The predicted octanol–water partition coefficient (Wildman–Crippen LogP) is 2.26. The van der Waals surface area contributed by atoms with E-state index in [2.05, 4.69) is 16.2 Å². The second kappa shape index (κ2) is 4.30. The van der Waals surface area contributed by atoms with Gasteiger partial charge in [-0.05, 0) is 31.3 Å². The van der Waals surface area contributed by atoms with E-state index in [9.17, 15) is 5.11 Å². The molecule has 0 saturated heterocycles. The summed E-state index contributed by atoms with van der Waals surface area (Å²) in [5, 5.41) is 14.6. The van der Waals surface area contributed by atoms with Gasteiger partial charge in [0.2, 0.25) is 0 Å². The van der Waals surface area contributed by atoms with Crippen LogP contribution in [0.25, 0.3) is 5.52 Å². The molecular weight excluding hydrogens is 214 g/mol. The third-order valence-corrected chi connectivity index (χ3v) is 3.33. The van der Waals surface area contributed by atoms with E-state index in [0.29, 0.717) is 0 Å². The molecule has 17 heavy (non-hydrogen) atoms. The third kappa shape index (κ3) is 1.85. The van der Waals surface area contributed by atoms with Gasteiger partial charge in [0.25, 0.3) is 0 Å². The van der Waals surface area contributed by atoms with Gasteiger partial charge in [-0.15, -0.1) is 0 Å². The fourth-order valence-electron chi connectivity index (χ4n) is 2.37. The summed E-state index contributed by atoms with van der Waals surface area (Å²) < 4.78 is 1.74. The minimum absolute atomic E-state index is 0.531. The lowest BCUT2D eigenvalue weighted by atomic mass is 9.92. The number of nitrogens with zero attached hydrogens (tertiary/aromatic N) is 3. The Hall–Kier alpha value is -1.68. The summed E-state index contributed by atoms with van der Waals surface area (Å²) in [6.45, 7) is 0. The molecule has 2 aromatic rings. The van der Waals surface area contributed by atoms with Gasteiger partial charge in [0.15, 0.2) is 0 Å². The first-order valence-electron chi connectivity index (χ1n) is 6.00. The van der Waals surface area contributed by atoms with Crippen molar-refractivity contribution in [1.29, 1.82) is 0 Å². The molecule has 0 aromatic carbocycles. The smallest absolute Gasteiger partial charge is 0.104 e. The molecule has 0 fully saturated rings. The monoisotopic (exact) mass is 229 g/mol. The maximum absolute atomic E-state index is 10.4. The zero-order valence-electron chi connectivity index (χ0n) is 9.58. The highest BCUT2D eigenvalue weighted by Gasteiger charge is 2.19. The molecule has 0 bridgehead atoms. The molecule has 2 heterocycles. The van der Waals surface area contributed by atoms with E-state index in [1.54, 1.807) is 29.3 Å². The minimum atomic E-state index is -0.531. The Morgan fingerprint density at radius 3 is 3.06 bits per heavy atom. The van der Waals surface area contributed by atoms with Crippen LogP contribution >= 0.6 is 0 Å². The van der Waals surface area contributed by atoms with Crippen molar-refractivity contribution >= 4 is 5.52 Å². The standard InChI is InChI=1S/C13H15N3O/c17-13(10-4-2-1-3-5-10)11-8-15-16-7-6-14-9-12(11)16/h4,6-9,13,17H,1-3,5H2. The van der Waals surface area contributed by atoms with Crippen molar-refractivity contribution in [2.45, 2.75) is 31.8 Å². The van der Waals surface area contributed by atoms with Crippen molar-refractivity contribution in [3.05, 3.63) is 42.0 Å². The lowest BCUT2D eigenvalue weighted by Crippen LogP contribution is -2.04. The van der Waals surface area contributed by atoms with Crippen molar-refractivity contribution in [2.24, 2.45) is 0 Å². The number of aliphatic hydroxyl groups excluding tert-OH is 1. The molecule has 1 N–H and O–H groups in total. The summed E-state index contributed by atoms with van der Waals surface area (Å²) in [6.07, 6.45) is 13.0. The molecule has 2 aromatic heterocycles. The Labute approximate surface area is 99.6 Å². The predicted molar refractivity (Wildman–Crippen MR) is 64.5 cm³/mol. The highest BCUT2D eigenvalue weighted by Crippen LogP contribution is 2.31. The van der Waals surface area contributed by atoms with Gasteiger partial charge in [0, 0.05) is 18.0 Å². The van der Waals surface area contributed by atoms with E-state index in [1.807, 2.05) is 0 Å². The summed E-state index contributed by atoms with van der Waals surface area (Å²) in [5.74, 6) is 0. The van der Waals surface area contributed by atoms with Crippen LogP contribution < -0.4 is 0 Å². The first-order chi connectivity index (χ1) is 8.36. The molecular formula is C13H15N3O. The summed E-state index contributed by atoms with van der Waals surface area (Å²) in [5.41, 5.74) is 2.85. The zero-order valence-corrected chi connectivity index (χ0v) is 9.58. The first kappa shape index (κ1) is 10.5. The minimum Gasteiger partial charge on any atom is -0.384 e. The number of fused-ring (bicyclic) bond motifs is 1. The molecule has 0 saturated carbocycles. The summed E-state index contributed by atoms with van der Waals surface area (Å²) in [6, 6.07) is 0. The molecule has 0 spiro atoms. The molecule has 3 rings (SSSR count). The molecule has 1 aliphatic rings. The molecule has 4 nitrogen and oxygen atoms in total. The van der Waals surface area contributed by atoms with Crippen molar-refractivity contribution in [2.75, 3.05) is 0 Å². The van der Waals surface area contributed by atoms with E-state index in [0.717, 1.165) is 29.5 Å². The summed E-state index contributed by atoms with van der Waals surface area (Å²) in [4.78, 5) is 4.08. The van der Waals surface area contributed by atoms with Crippen LogP contribution in [-0.4, -0.2) is 19.7 Å². The van der Waals surface area contributed by atoms with Crippen LogP contribution in [-0.2, 0) is 0 Å². The maximum atomic E-state index is 10.4. The molecule has 0 aliphatic heterocycles. The van der Waals surface area contributed by atoms with Gasteiger partial charge in [0.05, 0.1) is 17.9 Å². The van der Waals surface area contributed by atoms with Crippen molar-refractivity contribution in [3.8, 4) is 0 Å². The average Bonchev–Trinajstić information content (AvgIpc) is 2.83. The van der Waals surface area contributed by atoms with E-state index in [-0.39, 0.29) is 0 Å². The fraction of sp³-hybridized carbons (Fsp3) is 0.385. The molecule has 1 unspecified atom stereocenters. The second-order valence-electron chi connectivity index (χ2n) is 4.43. The molecule has 0 radical (unpaired) electrons. The normalized spacial score (nSPS) is 18.1. The topological polar surface area (TPSA) is 50.4 Å². The molecule has 88 valence electrons. The summed E-state index contributed by atoms with van der Waals surface area (Å²) in [7, 11) is 0. The Balaban J connectivity index is 2.00. The van der Waals surface area contributed by atoms with Gasteiger partial charge in [-0.3, -0.25) is 4.98 Å². The van der Waals surface area contributed by atoms with Crippen LogP contribution in [0.3, 0.4) is 0 Å². The van der Waals surface area contributed by atoms with E-state index < -0.39 is 6.10 Å². The Bertz CT molecular complexity index is 559. The number of hydrogen-bond donors (Lipinski definition) is 1. The zero-order chi connectivity index (χ0) is 11.7. The van der Waals surface area contributed by atoms with Crippen LogP contribution in [0.5, 0.6) is 0 Å². The highest BCUT2D eigenvalue weighted by atomic mass is 16.3. The van der Waals surface area contributed by atoms with Crippen LogP contribution in [0.15, 0.2) is 36.4 Å². The van der Waals surface area contributed by atoms with Gasteiger partial charge in [0.1, 0.15) is 6.10 Å². The number of rotatable bonds is 2. The van der Waals surface area contributed by atoms with Crippen LogP contribution in [0.2, 0.25) is 0 Å². The number of aliphatic hydroxyl groups is 1. The van der Waals surface area contributed by atoms with Gasteiger partial charge >= 0.3 is 0 Å². The Kier molecular flexibility index (Phi) is 2.65. The van der Waals surface area contributed by atoms with E-state index in [4.69, 9.17) is 0 Å². The Morgan fingerprint density at radius 2 is 2.24 bits per heavy atom. The molecule has 1 aliphatic carbocycles. The lowest BCUT2D eigenvalue weighted by molar-refractivity contribution is 0.210. The number of hydrogen-bond acceptors (Lipinski definition) is 3. The van der Waals surface area contributed by atoms with E-state index >= 15 is 0 Å². The van der Waals surface area contributed by atoms with Crippen molar-refractivity contribution < 1.29 is 5.11 Å². The fourth-order valence-corrected chi connectivity index (χ4v) is 2.37. The molecule has 1 atom stereocenters. The van der Waals surface area contributed by atoms with Gasteiger partial charge < -0.3 is 5.11 Å². The number of aromatic nitrogens is 3. The van der Waals surface area contributed by atoms with E-state index in [1.165, 1.54) is 12.8 Å². The van der Waals surface area contributed by atoms with Gasteiger partial charge in [-0.25, -0.2) is 4.52 Å². The average molecular weight is 229 g/mol. The molecule has 0 amide bonds. The SMILES string of the molecule is OC(C1=CCCCC1)c1cnn2ccncc12. The van der Waals surface area contributed by atoms with Crippen LogP contribution in [0.1, 0.15) is 37.4 Å². The molecule has 4 heteroatoms. The number of allylic oxidation sites excluding steroid dienone is 1. The Morgan fingerprint density at radius 1 is 1.29 bits per heavy atom. The first-order valence-corrected chi connectivity index (χ1v) is 6.00. The van der Waals surface area contributed by atoms with Crippen LogP contribution in [0.4, 0.5) is 0 Å². The van der Waals surface area contributed by atoms with Crippen LogP contribution in [0, 0.1) is 0 Å². The maximum Gasteiger partial charge on any atom is 0.104 e. The van der Waals surface area contributed by atoms with Crippen molar-refractivity contribution in [1.82, 2.24) is 14.6 Å². The second-order valence-corrected chi connectivity index (χ2v) is 4.43. The highest BCUT2D eigenvalue weighted by molar-refractivity contribution is 5.54. The van der Waals surface area contributed by atoms with Gasteiger partial charge in [-0.2, -0.15) is 5.10 Å². The third-order valence-electron chi connectivity index (χ3n) is 3.33. The van der Waals surface area contributed by atoms with Crippen molar-refractivity contribution in [3.63, 3.8) is 0 Å². The summed E-state index contributed by atoms with van der Waals surface area (Å²) >= 11 is 0. The quantitative estimate of drug-likeness (QED) is 0.804. The van der Waals surface area contributed by atoms with Gasteiger partial charge in [-0.1, -0.05) is 6.08 Å².